The van der Waals surface area contributed by atoms with Gasteiger partial charge in [-0.1, -0.05) is 6.92 Å². The van der Waals surface area contributed by atoms with Gasteiger partial charge in [0.25, 0.3) is 10.2 Å². The number of nitrogens with zero attached hydrogens (tertiary/aromatic N) is 2. The van der Waals surface area contributed by atoms with Crippen molar-refractivity contribution in [1.29, 1.82) is 0 Å². The van der Waals surface area contributed by atoms with Gasteiger partial charge in [-0.25, -0.2) is 0 Å². The molecule has 0 aliphatic carbocycles. The van der Waals surface area contributed by atoms with Gasteiger partial charge in [0, 0.05) is 26.2 Å². The zero-order valence-corrected chi connectivity index (χ0v) is 13.8. The maximum Gasteiger partial charge on any atom is 0.282 e. The van der Waals surface area contributed by atoms with Crippen molar-refractivity contribution in [2.75, 3.05) is 32.8 Å². The molecule has 22 heavy (non-hydrogen) atoms. The van der Waals surface area contributed by atoms with Crippen LogP contribution in [0.5, 0.6) is 0 Å². The summed E-state index contributed by atoms with van der Waals surface area (Å²) in [5.41, 5.74) is 0. The van der Waals surface area contributed by atoms with Crippen molar-refractivity contribution in [3.63, 3.8) is 0 Å². The molecular formula is C15H24N2O4S. The van der Waals surface area contributed by atoms with Crippen molar-refractivity contribution in [2.24, 2.45) is 5.92 Å². The first-order valence-corrected chi connectivity index (χ1v) is 9.40. The Morgan fingerprint density at radius 1 is 1.41 bits per heavy atom. The van der Waals surface area contributed by atoms with Crippen LogP contribution in [-0.2, 0) is 14.9 Å². The van der Waals surface area contributed by atoms with Crippen LogP contribution in [0.25, 0.3) is 0 Å². The van der Waals surface area contributed by atoms with E-state index in [1.807, 2.05) is 19.1 Å². The second-order valence-corrected chi connectivity index (χ2v) is 7.85. The molecule has 7 heteroatoms. The summed E-state index contributed by atoms with van der Waals surface area (Å²) in [5.74, 6) is 1.04. The molecule has 3 rings (SSSR count). The monoisotopic (exact) mass is 328 g/mol. The molecule has 0 saturated carbocycles. The third kappa shape index (κ3) is 3.08. The summed E-state index contributed by atoms with van der Waals surface area (Å²) in [6.45, 7) is 4.88. The van der Waals surface area contributed by atoms with Crippen LogP contribution < -0.4 is 0 Å². The smallest absolute Gasteiger partial charge is 0.282 e. The summed E-state index contributed by atoms with van der Waals surface area (Å²) in [7, 11) is -3.46. The molecule has 0 spiro atoms. The average Bonchev–Trinajstić information content (AvgIpc) is 3.25. The first-order chi connectivity index (χ1) is 10.6. The van der Waals surface area contributed by atoms with Crippen molar-refractivity contribution < 1.29 is 17.6 Å². The zero-order valence-electron chi connectivity index (χ0n) is 13.0. The summed E-state index contributed by atoms with van der Waals surface area (Å²) in [6, 6.07) is 3.50. The molecule has 2 saturated heterocycles. The molecule has 2 aliphatic rings. The maximum atomic E-state index is 13.0. The molecule has 3 heterocycles. The van der Waals surface area contributed by atoms with Crippen LogP contribution in [0.2, 0.25) is 0 Å². The zero-order chi connectivity index (χ0) is 15.6. The van der Waals surface area contributed by atoms with Crippen LogP contribution in [0.3, 0.4) is 0 Å². The first kappa shape index (κ1) is 16.0. The van der Waals surface area contributed by atoms with Crippen molar-refractivity contribution >= 4 is 10.2 Å². The molecule has 0 amide bonds. The molecule has 0 aromatic carbocycles. The second-order valence-electron chi connectivity index (χ2n) is 5.97. The molecule has 2 aliphatic heterocycles. The van der Waals surface area contributed by atoms with E-state index in [9.17, 15) is 8.42 Å². The molecule has 1 aromatic heterocycles. The summed E-state index contributed by atoms with van der Waals surface area (Å²) < 4.78 is 40.1. The van der Waals surface area contributed by atoms with E-state index in [0.29, 0.717) is 32.2 Å². The van der Waals surface area contributed by atoms with Crippen LogP contribution in [-0.4, -0.2) is 49.9 Å². The van der Waals surface area contributed by atoms with Gasteiger partial charge in [-0.05, 0) is 37.3 Å². The number of rotatable bonds is 6. The Labute approximate surface area is 132 Å². The SMILES string of the molecule is CCN(CC1CCOC1)S(=O)(=O)N1CCCC1c1ccco1. The summed E-state index contributed by atoms with van der Waals surface area (Å²) in [6.07, 6.45) is 4.23. The van der Waals surface area contributed by atoms with Crippen molar-refractivity contribution in [3.8, 4) is 0 Å². The van der Waals surface area contributed by atoms with Gasteiger partial charge in [-0.3, -0.25) is 0 Å². The fraction of sp³-hybridized carbons (Fsp3) is 0.733. The van der Waals surface area contributed by atoms with E-state index in [1.165, 1.54) is 0 Å². The lowest BCUT2D eigenvalue weighted by molar-refractivity contribution is 0.179. The maximum absolute atomic E-state index is 13.0. The molecule has 2 unspecified atom stereocenters. The molecule has 124 valence electrons. The Morgan fingerprint density at radius 2 is 2.27 bits per heavy atom. The first-order valence-electron chi connectivity index (χ1n) is 8.01. The topological polar surface area (TPSA) is 63.0 Å². The highest BCUT2D eigenvalue weighted by Crippen LogP contribution is 2.35. The Hall–Kier alpha value is -0.890. The molecule has 2 atom stereocenters. The summed E-state index contributed by atoms with van der Waals surface area (Å²) >= 11 is 0. The normalized spacial score (nSPS) is 27.0. The molecule has 0 radical (unpaired) electrons. The number of hydrogen-bond donors (Lipinski definition) is 0. The molecule has 1 aromatic rings. The molecule has 6 nitrogen and oxygen atoms in total. The highest BCUT2D eigenvalue weighted by Gasteiger charge is 2.40. The van der Waals surface area contributed by atoms with Crippen molar-refractivity contribution in [3.05, 3.63) is 24.2 Å². The third-order valence-electron chi connectivity index (χ3n) is 4.54. The van der Waals surface area contributed by atoms with Crippen LogP contribution in [0.15, 0.2) is 22.8 Å². The van der Waals surface area contributed by atoms with E-state index >= 15 is 0 Å². The quantitative estimate of drug-likeness (QED) is 0.801. The lowest BCUT2D eigenvalue weighted by Gasteiger charge is -2.30. The van der Waals surface area contributed by atoms with Crippen LogP contribution in [0.1, 0.15) is 38.0 Å². The van der Waals surface area contributed by atoms with E-state index in [2.05, 4.69) is 0 Å². The van der Waals surface area contributed by atoms with Crippen LogP contribution in [0, 0.1) is 5.92 Å². The van der Waals surface area contributed by atoms with Gasteiger partial charge in [0.15, 0.2) is 0 Å². The van der Waals surface area contributed by atoms with Gasteiger partial charge in [0.2, 0.25) is 0 Å². The predicted molar refractivity (Wildman–Crippen MR) is 82.5 cm³/mol. The van der Waals surface area contributed by atoms with Gasteiger partial charge in [0.05, 0.1) is 18.9 Å². The van der Waals surface area contributed by atoms with Crippen LogP contribution in [0.4, 0.5) is 0 Å². The van der Waals surface area contributed by atoms with E-state index in [0.717, 1.165) is 31.6 Å². The second kappa shape index (κ2) is 6.70. The predicted octanol–water partition coefficient (Wildman–Crippen LogP) is 2.02. The van der Waals surface area contributed by atoms with E-state index in [1.54, 1.807) is 14.9 Å². The fourth-order valence-corrected chi connectivity index (χ4v) is 5.24. The number of hydrogen-bond acceptors (Lipinski definition) is 4. The largest absolute Gasteiger partial charge is 0.468 e. The minimum Gasteiger partial charge on any atom is -0.468 e. The van der Waals surface area contributed by atoms with E-state index in [4.69, 9.17) is 9.15 Å². The number of ether oxygens (including phenoxy) is 1. The average molecular weight is 328 g/mol. The number of furan rings is 1. The van der Waals surface area contributed by atoms with Gasteiger partial charge >= 0.3 is 0 Å². The van der Waals surface area contributed by atoms with Gasteiger partial charge in [-0.15, -0.1) is 0 Å². The van der Waals surface area contributed by atoms with Gasteiger partial charge in [-0.2, -0.15) is 17.0 Å². The summed E-state index contributed by atoms with van der Waals surface area (Å²) in [4.78, 5) is 0. The highest BCUT2D eigenvalue weighted by atomic mass is 32.2. The van der Waals surface area contributed by atoms with Crippen molar-refractivity contribution in [1.82, 2.24) is 8.61 Å². The fourth-order valence-electron chi connectivity index (χ4n) is 3.33. The Kier molecular flexibility index (Phi) is 4.87. The van der Waals surface area contributed by atoms with Gasteiger partial charge in [0.1, 0.15) is 5.76 Å². The Morgan fingerprint density at radius 3 is 2.91 bits per heavy atom. The Bertz CT molecular complexity index is 566. The minimum atomic E-state index is -3.46. The lowest BCUT2D eigenvalue weighted by Crippen LogP contribution is -2.45. The molecular weight excluding hydrogens is 304 g/mol. The lowest BCUT2D eigenvalue weighted by atomic mass is 10.1. The molecule has 0 bridgehead atoms. The Balaban J connectivity index is 1.77. The highest BCUT2D eigenvalue weighted by molar-refractivity contribution is 7.86. The van der Waals surface area contributed by atoms with E-state index in [-0.39, 0.29) is 6.04 Å². The van der Waals surface area contributed by atoms with Crippen molar-refractivity contribution in [2.45, 2.75) is 32.2 Å². The van der Waals surface area contributed by atoms with Crippen LogP contribution >= 0.6 is 0 Å². The molecule has 2 fully saturated rings. The summed E-state index contributed by atoms with van der Waals surface area (Å²) in [5, 5.41) is 0. The third-order valence-corrected chi connectivity index (χ3v) is 6.63. The molecule has 0 N–H and O–H groups in total. The minimum absolute atomic E-state index is 0.172. The van der Waals surface area contributed by atoms with E-state index < -0.39 is 10.2 Å². The van der Waals surface area contributed by atoms with Gasteiger partial charge < -0.3 is 9.15 Å². The standard InChI is InChI=1S/C15H24N2O4S/c1-2-16(11-13-7-10-20-12-13)22(18,19)17-8-3-5-14(17)15-6-4-9-21-15/h4,6,9,13-14H,2-3,5,7-8,10-12H2,1H3.